The summed E-state index contributed by atoms with van der Waals surface area (Å²) < 4.78 is 21.0. The largest absolute Gasteiger partial charge is 0.465 e. The van der Waals surface area contributed by atoms with Gasteiger partial charge >= 0.3 is 5.97 Å². The maximum atomic E-state index is 12.0. The maximum absolute atomic E-state index is 12.0. The van der Waals surface area contributed by atoms with Gasteiger partial charge in [-0.2, -0.15) is 5.10 Å². The highest BCUT2D eigenvalue weighted by atomic mass is 16.7. The van der Waals surface area contributed by atoms with Crippen LogP contribution in [0.3, 0.4) is 0 Å². The first kappa shape index (κ1) is 20.0. The molecule has 2 N–H and O–H groups in total. The molecular weight excluding hydrogens is 402 g/mol. The molecule has 0 aliphatic carbocycles. The topological polar surface area (TPSA) is 111 Å². The molecule has 3 aromatic rings. The van der Waals surface area contributed by atoms with Gasteiger partial charge in [0.15, 0.2) is 11.5 Å². The van der Waals surface area contributed by atoms with Crippen LogP contribution in [0.4, 0.5) is 5.69 Å². The second-order valence-electron chi connectivity index (χ2n) is 6.49. The molecule has 2 aromatic carbocycles. The molecule has 0 atom stereocenters. The van der Waals surface area contributed by atoms with Gasteiger partial charge < -0.3 is 23.9 Å². The first-order valence-corrected chi connectivity index (χ1v) is 9.36. The van der Waals surface area contributed by atoms with E-state index in [1.807, 2.05) is 6.07 Å². The van der Waals surface area contributed by atoms with Crippen LogP contribution < -0.4 is 20.2 Å². The number of carbonyl (C=O) groups excluding carboxylic acids is 2. The fraction of sp³-hybridized carbons (Fsp3) is 0.136. The average molecular weight is 421 g/mol. The van der Waals surface area contributed by atoms with Crippen molar-refractivity contribution >= 4 is 23.8 Å². The first-order chi connectivity index (χ1) is 15.1. The molecule has 0 spiro atoms. The Hall–Kier alpha value is -4.27. The summed E-state index contributed by atoms with van der Waals surface area (Å²) in [6.07, 6.45) is 1.39. The van der Waals surface area contributed by atoms with E-state index in [0.717, 1.165) is 11.3 Å². The number of anilines is 1. The fourth-order valence-corrected chi connectivity index (χ4v) is 2.89. The average Bonchev–Trinajstić information content (AvgIpc) is 3.46. The second kappa shape index (κ2) is 9.04. The van der Waals surface area contributed by atoms with E-state index in [0.29, 0.717) is 28.6 Å². The van der Waals surface area contributed by atoms with E-state index in [1.54, 1.807) is 48.5 Å². The fourth-order valence-electron chi connectivity index (χ4n) is 2.89. The highest BCUT2D eigenvalue weighted by Gasteiger charge is 2.13. The molecule has 1 aromatic heterocycles. The van der Waals surface area contributed by atoms with E-state index < -0.39 is 5.97 Å². The SMILES string of the molecule is COC(=O)c1cccc(-c2ccc(/C=N\NC(=O)CNc3ccc4c(c3)OCO4)o2)c1. The number of amides is 1. The standard InChI is InChI=1S/C22H19N3O6/c1-28-22(27)15-4-2-3-14(9-15)18-8-6-17(31-18)11-24-25-21(26)12-23-16-5-7-19-20(10-16)30-13-29-19/h2-11,23H,12-13H2,1H3,(H,25,26)/b24-11-. The molecule has 2 heterocycles. The van der Waals surface area contributed by atoms with E-state index in [1.165, 1.54) is 13.3 Å². The van der Waals surface area contributed by atoms with Crippen LogP contribution in [0.15, 0.2) is 64.1 Å². The van der Waals surface area contributed by atoms with Gasteiger partial charge in [-0.25, -0.2) is 10.2 Å². The van der Waals surface area contributed by atoms with Gasteiger partial charge in [0, 0.05) is 17.3 Å². The number of esters is 1. The molecule has 1 aliphatic rings. The molecule has 0 radical (unpaired) electrons. The van der Waals surface area contributed by atoms with Crippen LogP contribution in [0.1, 0.15) is 16.1 Å². The lowest BCUT2D eigenvalue weighted by Gasteiger charge is -2.06. The number of furan rings is 1. The second-order valence-corrected chi connectivity index (χ2v) is 6.49. The van der Waals surface area contributed by atoms with Crippen molar-refractivity contribution in [1.82, 2.24) is 5.43 Å². The molecule has 31 heavy (non-hydrogen) atoms. The highest BCUT2D eigenvalue weighted by molar-refractivity contribution is 5.90. The van der Waals surface area contributed by atoms with Crippen molar-refractivity contribution in [2.75, 3.05) is 25.8 Å². The van der Waals surface area contributed by atoms with Crippen molar-refractivity contribution in [3.63, 3.8) is 0 Å². The Morgan fingerprint density at radius 3 is 2.84 bits per heavy atom. The van der Waals surface area contributed by atoms with E-state index in [-0.39, 0.29) is 19.2 Å². The third-order valence-electron chi connectivity index (χ3n) is 4.40. The Bertz CT molecular complexity index is 1140. The van der Waals surface area contributed by atoms with Gasteiger partial charge in [0.05, 0.1) is 25.4 Å². The Morgan fingerprint density at radius 2 is 1.97 bits per heavy atom. The number of ether oxygens (including phenoxy) is 3. The quantitative estimate of drug-likeness (QED) is 0.343. The number of nitrogens with zero attached hydrogens (tertiary/aromatic N) is 1. The minimum absolute atomic E-state index is 0.0285. The maximum Gasteiger partial charge on any atom is 0.337 e. The molecule has 0 bridgehead atoms. The zero-order chi connectivity index (χ0) is 21.6. The number of benzene rings is 2. The molecular formula is C22H19N3O6. The summed E-state index contributed by atoms with van der Waals surface area (Å²) in [5.41, 5.74) is 4.30. The number of rotatable bonds is 7. The monoisotopic (exact) mass is 421 g/mol. The van der Waals surface area contributed by atoms with Crippen molar-refractivity contribution in [3.05, 3.63) is 65.9 Å². The van der Waals surface area contributed by atoms with Crippen LogP contribution in [0.2, 0.25) is 0 Å². The molecule has 1 amide bonds. The smallest absolute Gasteiger partial charge is 0.337 e. The van der Waals surface area contributed by atoms with Crippen LogP contribution >= 0.6 is 0 Å². The van der Waals surface area contributed by atoms with Gasteiger partial charge in [-0.15, -0.1) is 0 Å². The Labute approximate surface area is 177 Å². The summed E-state index contributed by atoms with van der Waals surface area (Å²) in [4.78, 5) is 23.6. The van der Waals surface area contributed by atoms with Gasteiger partial charge in [-0.3, -0.25) is 4.79 Å². The van der Waals surface area contributed by atoms with Gasteiger partial charge in [0.2, 0.25) is 6.79 Å². The molecule has 0 saturated carbocycles. The molecule has 0 unspecified atom stereocenters. The van der Waals surface area contributed by atoms with Crippen LogP contribution in [0, 0.1) is 0 Å². The summed E-state index contributed by atoms with van der Waals surface area (Å²) in [5, 5.41) is 6.89. The predicted octanol–water partition coefficient (Wildman–Crippen LogP) is 3.02. The zero-order valence-corrected chi connectivity index (χ0v) is 16.6. The first-order valence-electron chi connectivity index (χ1n) is 9.36. The molecule has 9 nitrogen and oxygen atoms in total. The van der Waals surface area contributed by atoms with Gasteiger partial charge in [0.25, 0.3) is 5.91 Å². The number of carbonyl (C=O) groups is 2. The minimum atomic E-state index is -0.424. The van der Waals surface area contributed by atoms with Crippen LogP contribution in [-0.2, 0) is 9.53 Å². The molecule has 1 aliphatic heterocycles. The van der Waals surface area contributed by atoms with E-state index in [4.69, 9.17) is 18.6 Å². The zero-order valence-electron chi connectivity index (χ0n) is 16.6. The van der Waals surface area contributed by atoms with Gasteiger partial charge in [-0.1, -0.05) is 12.1 Å². The van der Waals surface area contributed by atoms with E-state index in [2.05, 4.69) is 15.8 Å². The Morgan fingerprint density at radius 1 is 1.10 bits per heavy atom. The molecule has 9 heteroatoms. The number of fused-ring (bicyclic) bond motifs is 1. The number of hydrazone groups is 1. The Balaban J connectivity index is 1.30. The lowest BCUT2D eigenvalue weighted by molar-refractivity contribution is -0.119. The number of hydrogen-bond donors (Lipinski definition) is 2. The number of nitrogens with one attached hydrogen (secondary N) is 2. The van der Waals surface area contributed by atoms with E-state index >= 15 is 0 Å². The van der Waals surface area contributed by atoms with Crippen molar-refractivity contribution in [1.29, 1.82) is 0 Å². The lowest BCUT2D eigenvalue weighted by Crippen LogP contribution is -2.25. The predicted molar refractivity (Wildman–Crippen MR) is 112 cm³/mol. The summed E-state index contributed by atoms with van der Waals surface area (Å²) >= 11 is 0. The van der Waals surface area contributed by atoms with Crippen molar-refractivity contribution in [2.45, 2.75) is 0 Å². The molecule has 0 fully saturated rings. The number of methoxy groups -OCH3 is 1. The minimum Gasteiger partial charge on any atom is -0.465 e. The van der Waals surface area contributed by atoms with E-state index in [9.17, 15) is 9.59 Å². The highest BCUT2D eigenvalue weighted by Crippen LogP contribution is 2.34. The van der Waals surface area contributed by atoms with Crippen LogP contribution in [-0.4, -0.2) is 38.5 Å². The third kappa shape index (κ3) is 4.84. The summed E-state index contributed by atoms with van der Waals surface area (Å²) in [7, 11) is 1.33. The van der Waals surface area contributed by atoms with Crippen LogP contribution in [0.25, 0.3) is 11.3 Å². The van der Waals surface area contributed by atoms with Gasteiger partial charge in [0.1, 0.15) is 11.5 Å². The molecule has 4 rings (SSSR count). The van der Waals surface area contributed by atoms with Crippen molar-refractivity contribution < 1.29 is 28.2 Å². The molecule has 158 valence electrons. The van der Waals surface area contributed by atoms with Gasteiger partial charge in [-0.05, 0) is 36.4 Å². The molecule has 0 saturated heterocycles. The Kier molecular flexibility index (Phi) is 5.84. The summed E-state index contributed by atoms with van der Waals surface area (Å²) in [5.74, 6) is 1.56. The van der Waals surface area contributed by atoms with Crippen molar-refractivity contribution in [2.24, 2.45) is 5.10 Å². The lowest BCUT2D eigenvalue weighted by atomic mass is 10.1. The summed E-state index contributed by atoms with van der Waals surface area (Å²) in [6.45, 7) is 0.222. The van der Waals surface area contributed by atoms with Crippen molar-refractivity contribution in [3.8, 4) is 22.8 Å². The van der Waals surface area contributed by atoms with Crippen LogP contribution in [0.5, 0.6) is 11.5 Å². The normalized spacial score (nSPS) is 12.0. The number of hydrogen-bond acceptors (Lipinski definition) is 8. The summed E-state index contributed by atoms with van der Waals surface area (Å²) in [6, 6.07) is 15.7. The third-order valence-corrected chi connectivity index (χ3v) is 4.40.